The van der Waals surface area contributed by atoms with Gasteiger partial charge >= 0.3 is 41.2 Å². The number of carbonyl (C=O) groups is 1. The molecule has 61 valence electrons. The smallest absolute Gasteiger partial charge is 0.460 e. The SMILES string of the molecule is COC(=O)C(=[N+]=[N-])[C]1[N][N][N][N]1.[Na+]. The summed E-state index contributed by atoms with van der Waals surface area (Å²) in [5.74, 6) is -0.854. The maximum absolute atomic E-state index is 10.8. The first-order chi connectivity index (χ1) is 5.79. The second-order valence-electron chi connectivity index (χ2n) is 1.64. The van der Waals surface area contributed by atoms with E-state index in [1.54, 1.807) is 0 Å². The molecular formula is C4H3N6NaO2+. The Labute approximate surface area is 96.2 Å². The summed E-state index contributed by atoms with van der Waals surface area (Å²) in [4.78, 5) is 13.4. The molecule has 0 spiro atoms. The third kappa shape index (κ3) is 3.14. The number of hydrogen-bond acceptors (Lipinski definition) is 2. The molecule has 1 aliphatic heterocycles. The number of methoxy groups -OCH3 is 1. The van der Waals surface area contributed by atoms with Gasteiger partial charge in [0.05, 0.1) is 7.11 Å². The van der Waals surface area contributed by atoms with Crippen LogP contribution in [0, 0.1) is 6.17 Å². The monoisotopic (exact) mass is 190 g/mol. The molecule has 8 nitrogen and oxygen atoms in total. The van der Waals surface area contributed by atoms with Crippen molar-refractivity contribution in [2.24, 2.45) is 0 Å². The Bertz CT molecular complexity index is 233. The number of esters is 1. The van der Waals surface area contributed by atoms with Crippen molar-refractivity contribution in [3.63, 3.8) is 0 Å². The first-order valence-corrected chi connectivity index (χ1v) is 2.79. The molecule has 1 aliphatic rings. The van der Waals surface area contributed by atoms with E-state index >= 15 is 0 Å². The van der Waals surface area contributed by atoms with E-state index in [4.69, 9.17) is 5.53 Å². The van der Waals surface area contributed by atoms with Crippen LogP contribution in [0.4, 0.5) is 0 Å². The van der Waals surface area contributed by atoms with Crippen LogP contribution in [-0.2, 0) is 9.53 Å². The van der Waals surface area contributed by atoms with Gasteiger partial charge < -0.3 is 10.3 Å². The third-order valence-electron chi connectivity index (χ3n) is 1.01. The van der Waals surface area contributed by atoms with Crippen LogP contribution < -0.4 is 51.5 Å². The van der Waals surface area contributed by atoms with Gasteiger partial charge in [-0.25, -0.2) is 4.79 Å². The first-order valence-electron chi connectivity index (χ1n) is 2.79. The van der Waals surface area contributed by atoms with E-state index in [9.17, 15) is 4.79 Å². The van der Waals surface area contributed by atoms with Gasteiger partial charge in [-0.2, -0.15) is 4.79 Å². The molecule has 0 bridgehead atoms. The molecule has 1 saturated heterocycles. The van der Waals surface area contributed by atoms with Crippen molar-refractivity contribution in [1.82, 2.24) is 21.9 Å². The second-order valence-corrected chi connectivity index (χ2v) is 1.64. The van der Waals surface area contributed by atoms with Crippen LogP contribution in [-0.4, -0.2) is 23.6 Å². The van der Waals surface area contributed by atoms with Crippen molar-refractivity contribution >= 4 is 11.7 Å². The summed E-state index contributed by atoms with van der Waals surface area (Å²) in [6.45, 7) is 0. The minimum atomic E-state index is -0.854. The van der Waals surface area contributed by atoms with E-state index in [0.29, 0.717) is 0 Å². The average Bonchev–Trinajstić information content (AvgIpc) is 2.58. The minimum Gasteiger partial charge on any atom is -0.460 e. The van der Waals surface area contributed by atoms with Crippen LogP contribution in [0.1, 0.15) is 0 Å². The summed E-state index contributed by atoms with van der Waals surface area (Å²) in [7, 11) is 1.14. The predicted molar refractivity (Wildman–Crippen MR) is 32.4 cm³/mol. The Morgan fingerprint density at radius 1 is 1.46 bits per heavy atom. The summed E-state index contributed by atoms with van der Waals surface area (Å²) in [6.07, 6.45) is -0.177. The van der Waals surface area contributed by atoms with Gasteiger partial charge in [0, 0.05) is 0 Å². The van der Waals surface area contributed by atoms with Crippen molar-refractivity contribution in [1.29, 1.82) is 0 Å². The zero-order chi connectivity index (χ0) is 8.97. The summed E-state index contributed by atoms with van der Waals surface area (Å²) in [5, 5.41) is 0. The molecule has 9 heteroatoms. The topological polar surface area (TPSA) is 119 Å². The number of rotatable bonds is 2. The Morgan fingerprint density at radius 3 is 2.38 bits per heavy atom. The van der Waals surface area contributed by atoms with Crippen LogP contribution in [0.15, 0.2) is 0 Å². The molecule has 0 saturated carbocycles. The standard InChI is InChI=1S/C4H3N6O2.Na/c1-12-4(11)2(6-5)3-7-9-10-8-3;/h1H3;/q;+1. The molecule has 0 unspecified atom stereocenters. The molecular weight excluding hydrogens is 187 g/mol. The van der Waals surface area contributed by atoms with E-state index in [2.05, 4.69) is 31.4 Å². The van der Waals surface area contributed by atoms with Gasteiger partial charge in [-0.05, 0) is 11.1 Å². The summed E-state index contributed by atoms with van der Waals surface area (Å²) in [5.41, 5.74) is 20.7. The molecule has 13 heavy (non-hydrogen) atoms. The van der Waals surface area contributed by atoms with Crippen LogP contribution >= 0.6 is 0 Å². The fourth-order valence-electron chi connectivity index (χ4n) is 0.513. The third-order valence-corrected chi connectivity index (χ3v) is 1.01. The fourth-order valence-corrected chi connectivity index (χ4v) is 0.513. The van der Waals surface area contributed by atoms with Crippen molar-refractivity contribution in [3.8, 4) is 0 Å². The molecule has 5 radical (unpaired) electrons. The molecule has 0 aliphatic carbocycles. The molecule has 1 rings (SSSR count). The van der Waals surface area contributed by atoms with Gasteiger partial charge in [0.15, 0.2) is 0 Å². The largest absolute Gasteiger partial charge is 1.00 e. The molecule has 0 atom stereocenters. The van der Waals surface area contributed by atoms with Gasteiger partial charge in [0.2, 0.25) is 0 Å². The Morgan fingerprint density at radius 2 is 2.00 bits per heavy atom. The van der Waals surface area contributed by atoms with Crippen molar-refractivity contribution < 1.29 is 43.9 Å². The van der Waals surface area contributed by atoms with Gasteiger partial charge in [-0.1, -0.05) is 10.9 Å². The summed E-state index contributed by atoms with van der Waals surface area (Å²) < 4.78 is 4.26. The van der Waals surface area contributed by atoms with Gasteiger partial charge in [0.25, 0.3) is 6.17 Å². The average molecular weight is 190 g/mol. The number of nitrogens with zero attached hydrogens (tertiary/aromatic N) is 6. The molecule has 0 aromatic rings. The van der Waals surface area contributed by atoms with E-state index in [-0.39, 0.29) is 35.7 Å². The number of ether oxygens (including phenoxy) is 1. The van der Waals surface area contributed by atoms with E-state index in [1.807, 2.05) is 0 Å². The Kier molecular flexibility index (Phi) is 6.04. The first kappa shape index (κ1) is 12.7. The number of hydrogen-bond donors (Lipinski definition) is 0. The maximum Gasteiger partial charge on any atom is 1.00 e. The molecule has 0 aromatic heterocycles. The zero-order valence-electron chi connectivity index (χ0n) is 7.00. The minimum absolute atomic E-state index is 0. The normalized spacial score (nSPS) is 15.8. The zero-order valence-corrected chi connectivity index (χ0v) is 9.00. The van der Waals surface area contributed by atoms with Crippen LogP contribution in [0.5, 0.6) is 0 Å². The maximum atomic E-state index is 10.8. The van der Waals surface area contributed by atoms with E-state index < -0.39 is 11.7 Å². The number of carbonyl (C=O) groups excluding carboxylic acids is 1. The molecule has 0 N–H and O–H groups in total. The fraction of sp³-hybridized carbons (Fsp3) is 0.250. The van der Waals surface area contributed by atoms with Crippen LogP contribution in [0.25, 0.3) is 5.53 Å². The predicted octanol–water partition coefficient (Wildman–Crippen LogP) is -5.50. The van der Waals surface area contributed by atoms with Crippen molar-refractivity contribution in [2.45, 2.75) is 0 Å². The Hall–Kier alpha value is -0.310. The summed E-state index contributed by atoms with van der Waals surface area (Å²) in [6, 6.07) is 0. The van der Waals surface area contributed by atoms with Gasteiger partial charge in [-0.15, -0.1) is 0 Å². The molecule has 0 amide bonds. The van der Waals surface area contributed by atoms with Crippen LogP contribution in [0.2, 0.25) is 0 Å². The quantitative estimate of drug-likeness (QED) is 0.142. The van der Waals surface area contributed by atoms with Crippen molar-refractivity contribution in [2.75, 3.05) is 7.11 Å². The van der Waals surface area contributed by atoms with E-state index in [0.717, 1.165) is 7.11 Å². The molecule has 0 aromatic carbocycles. The summed E-state index contributed by atoms with van der Waals surface area (Å²) >= 11 is 0. The van der Waals surface area contributed by atoms with Crippen molar-refractivity contribution in [3.05, 3.63) is 11.7 Å². The van der Waals surface area contributed by atoms with Crippen LogP contribution in [0.3, 0.4) is 0 Å². The Balaban J connectivity index is 0.00000144. The van der Waals surface area contributed by atoms with E-state index in [1.165, 1.54) is 0 Å². The molecule has 1 heterocycles. The second kappa shape index (κ2) is 6.19. The van der Waals surface area contributed by atoms with Gasteiger partial charge in [0.1, 0.15) is 0 Å². The van der Waals surface area contributed by atoms with Gasteiger partial charge in [-0.3, -0.25) is 0 Å². The molecule has 1 fully saturated rings.